The zero-order valence-electron chi connectivity index (χ0n) is 9.16. The van der Waals surface area contributed by atoms with E-state index >= 15 is 0 Å². The third-order valence-electron chi connectivity index (χ3n) is 2.07. The number of hydrogen-bond acceptors (Lipinski definition) is 4. The Morgan fingerprint density at radius 1 is 1.38 bits per heavy atom. The highest BCUT2D eigenvalue weighted by Crippen LogP contribution is 2.27. The molecule has 0 bridgehead atoms. The van der Waals surface area contributed by atoms with E-state index in [1.165, 1.54) is 6.07 Å². The van der Waals surface area contributed by atoms with Gasteiger partial charge in [0, 0.05) is 18.7 Å². The van der Waals surface area contributed by atoms with Crippen molar-refractivity contribution in [3.63, 3.8) is 0 Å². The van der Waals surface area contributed by atoms with E-state index in [0.717, 1.165) is 0 Å². The molecule has 16 heavy (non-hydrogen) atoms. The van der Waals surface area contributed by atoms with Gasteiger partial charge >= 0.3 is 0 Å². The molecular weight excluding hydrogens is 208 g/mol. The van der Waals surface area contributed by atoms with Gasteiger partial charge in [0.15, 0.2) is 11.5 Å². The molecule has 0 aliphatic rings. The summed E-state index contributed by atoms with van der Waals surface area (Å²) in [6.45, 7) is 2.96. The highest BCUT2D eigenvalue weighted by molar-refractivity contribution is 5.77. The average Bonchev–Trinajstić information content (AvgIpc) is 2.25. The van der Waals surface area contributed by atoms with Crippen LogP contribution in [-0.4, -0.2) is 29.2 Å². The molecule has 0 unspecified atom stereocenters. The molecule has 1 amide bonds. The monoisotopic (exact) mass is 224 g/mol. The molecule has 0 aromatic heterocycles. The molecule has 88 valence electrons. The molecule has 0 radical (unpaired) electrons. The molecule has 0 aliphatic heterocycles. The van der Waals surface area contributed by atoms with Gasteiger partial charge in [0.1, 0.15) is 0 Å². The Balaban J connectivity index is 2.43. The molecule has 0 aliphatic carbocycles. The second-order valence-corrected chi connectivity index (χ2v) is 3.34. The third kappa shape index (κ3) is 3.43. The maximum atomic E-state index is 11.1. The number of carbonyl (C=O) groups excluding carboxylic acids is 1. The van der Waals surface area contributed by atoms with Gasteiger partial charge in [-0.2, -0.15) is 0 Å². The van der Waals surface area contributed by atoms with Gasteiger partial charge < -0.3 is 20.8 Å². The molecule has 0 spiro atoms. The molecule has 4 N–H and O–H groups in total. The molecule has 0 saturated heterocycles. The van der Waals surface area contributed by atoms with Crippen molar-refractivity contribution < 1.29 is 15.0 Å². The fraction of sp³-hybridized carbons (Fsp3) is 0.364. The Bertz CT molecular complexity index is 366. The van der Waals surface area contributed by atoms with Gasteiger partial charge in [-0.1, -0.05) is 12.1 Å². The van der Waals surface area contributed by atoms with Gasteiger partial charge in [-0.15, -0.1) is 0 Å². The minimum Gasteiger partial charge on any atom is -0.504 e. The summed E-state index contributed by atoms with van der Waals surface area (Å²) in [4.78, 5) is 11.1. The van der Waals surface area contributed by atoms with Gasteiger partial charge in [-0.3, -0.25) is 4.79 Å². The molecular formula is C11H16N2O3. The minimum atomic E-state index is -0.155. The van der Waals surface area contributed by atoms with Gasteiger partial charge in [-0.05, 0) is 13.0 Å². The molecule has 0 heterocycles. The number of benzene rings is 1. The molecule has 5 heteroatoms. The number of para-hydroxylation sites is 1. The van der Waals surface area contributed by atoms with Crippen molar-refractivity contribution >= 4 is 5.91 Å². The van der Waals surface area contributed by atoms with Crippen LogP contribution in [0.15, 0.2) is 18.2 Å². The number of amides is 1. The van der Waals surface area contributed by atoms with Crippen molar-refractivity contribution in [3.05, 3.63) is 23.8 Å². The van der Waals surface area contributed by atoms with Gasteiger partial charge in [0.2, 0.25) is 5.91 Å². The summed E-state index contributed by atoms with van der Waals surface area (Å²) >= 11 is 0. The Morgan fingerprint density at radius 2 is 2.12 bits per heavy atom. The first-order valence-electron chi connectivity index (χ1n) is 5.12. The van der Waals surface area contributed by atoms with E-state index in [1.807, 2.05) is 6.92 Å². The quantitative estimate of drug-likeness (QED) is 0.543. The van der Waals surface area contributed by atoms with E-state index in [0.29, 0.717) is 18.7 Å². The number of phenols is 2. The number of likely N-dealkylation sites (N-methyl/N-ethyl adjacent to an activating group) is 1. The molecule has 1 rings (SSSR count). The maximum absolute atomic E-state index is 11.1. The summed E-state index contributed by atoms with van der Waals surface area (Å²) in [6.07, 6.45) is 0. The van der Waals surface area contributed by atoms with Crippen molar-refractivity contribution in [1.82, 2.24) is 10.6 Å². The highest BCUT2D eigenvalue weighted by Gasteiger charge is 2.05. The van der Waals surface area contributed by atoms with Crippen molar-refractivity contribution in [2.75, 3.05) is 13.1 Å². The summed E-state index contributed by atoms with van der Waals surface area (Å²) in [5, 5.41) is 24.2. The Morgan fingerprint density at radius 3 is 2.81 bits per heavy atom. The number of hydrogen-bond donors (Lipinski definition) is 4. The number of aromatic hydroxyl groups is 2. The smallest absolute Gasteiger partial charge is 0.233 e. The van der Waals surface area contributed by atoms with E-state index in [1.54, 1.807) is 12.1 Å². The Kier molecular flexibility index (Phi) is 4.60. The zero-order valence-corrected chi connectivity index (χ0v) is 9.16. The Labute approximate surface area is 94.1 Å². The largest absolute Gasteiger partial charge is 0.504 e. The summed E-state index contributed by atoms with van der Waals surface area (Å²) in [7, 11) is 0. The van der Waals surface area contributed by atoms with Crippen LogP contribution in [0.5, 0.6) is 11.5 Å². The zero-order chi connectivity index (χ0) is 12.0. The topological polar surface area (TPSA) is 81.6 Å². The lowest BCUT2D eigenvalue weighted by Crippen LogP contribution is -2.33. The number of nitrogens with one attached hydrogen (secondary N) is 2. The Hall–Kier alpha value is -1.75. The summed E-state index contributed by atoms with van der Waals surface area (Å²) in [5.74, 6) is -0.398. The lowest BCUT2D eigenvalue weighted by molar-refractivity contribution is -0.120. The van der Waals surface area contributed by atoms with Crippen LogP contribution in [0.25, 0.3) is 0 Å². The molecule has 1 aromatic rings. The SMILES string of the molecule is CCNC(=O)CNCc1cccc(O)c1O. The first kappa shape index (κ1) is 12.3. The van der Waals surface area contributed by atoms with E-state index in [-0.39, 0.29) is 24.0 Å². The highest BCUT2D eigenvalue weighted by atomic mass is 16.3. The van der Waals surface area contributed by atoms with E-state index in [4.69, 9.17) is 0 Å². The fourth-order valence-electron chi connectivity index (χ4n) is 1.29. The lowest BCUT2D eigenvalue weighted by atomic mass is 10.2. The van der Waals surface area contributed by atoms with Crippen LogP contribution in [0.3, 0.4) is 0 Å². The van der Waals surface area contributed by atoms with Crippen LogP contribution in [0, 0.1) is 0 Å². The molecule has 0 saturated carbocycles. The molecule has 1 aromatic carbocycles. The summed E-state index contributed by atoms with van der Waals surface area (Å²) in [6, 6.07) is 4.72. The van der Waals surface area contributed by atoms with Crippen molar-refractivity contribution in [1.29, 1.82) is 0 Å². The van der Waals surface area contributed by atoms with Crippen molar-refractivity contribution in [2.24, 2.45) is 0 Å². The first-order valence-corrected chi connectivity index (χ1v) is 5.12. The van der Waals surface area contributed by atoms with Gasteiger partial charge in [-0.25, -0.2) is 0 Å². The van der Waals surface area contributed by atoms with Crippen LogP contribution < -0.4 is 10.6 Å². The van der Waals surface area contributed by atoms with Crippen LogP contribution >= 0.6 is 0 Å². The normalized spacial score (nSPS) is 10.1. The number of phenolic OH excluding ortho intramolecular Hbond substituents is 2. The summed E-state index contributed by atoms with van der Waals surface area (Å²) in [5.41, 5.74) is 0.560. The van der Waals surface area contributed by atoms with Crippen molar-refractivity contribution in [3.8, 4) is 11.5 Å². The molecule has 5 nitrogen and oxygen atoms in total. The van der Waals surface area contributed by atoms with E-state index in [9.17, 15) is 15.0 Å². The maximum Gasteiger partial charge on any atom is 0.233 e. The molecule has 0 atom stereocenters. The second-order valence-electron chi connectivity index (χ2n) is 3.34. The fourth-order valence-corrected chi connectivity index (χ4v) is 1.29. The second kappa shape index (κ2) is 5.97. The van der Waals surface area contributed by atoms with E-state index in [2.05, 4.69) is 10.6 Å². The van der Waals surface area contributed by atoms with Gasteiger partial charge in [0.05, 0.1) is 6.54 Å². The van der Waals surface area contributed by atoms with Crippen molar-refractivity contribution in [2.45, 2.75) is 13.5 Å². The lowest BCUT2D eigenvalue weighted by Gasteiger charge is -2.07. The predicted molar refractivity (Wildman–Crippen MR) is 60.2 cm³/mol. The van der Waals surface area contributed by atoms with Gasteiger partial charge in [0.25, 0.3) is 0 Å². The summed E-state index contributed by atoms with van der Waals surface area (Å²) < 4.78 is 0. The average molecular weight is 224 g/mol. The number of rotatable bonds is 5. The first-order chi connectivity index (χ1) is 7.65. The van der Waals surface area contributed by atoms with Crippen LogP contribution in [0.4, 0.5) is 0 Å². The molecule has 0 fully saturated rings. The predicted octanol–water partition coefficient (Wildman–Crippen LogP) is 0.323. The standard InChI is InChI=1S/C11H16N2O3/c1-2-13-10(15)7-12-6-8-4-3-5-9(14)11(8)16/h3-5,12,14,16H,2,6-7H2,1H3,(H,13,15). The minimum absolute atomic E-state index is 0.0952. The van der Waals surface area contributed by atoms with Crippen LogP contribution in [-0.2, 0) is 11.3 Å². The van der Waals surface area contributed by atoms with E-state index < -0.39 is 0 Å². The third-order valence-corrected chi connectivity index (χ3v) is 2.07. The number of carbonyl (C=O) groups is 1. The van der Waals surface area contributed by atoms with Crippen LogP contribution in [0.2, 0.25) is 0 Å². The van der Waals surface area contributed by atoms with Crippen LogP contribution in [0.1, 0.15) is 12.5 Å².